The molecule has 0 aliphatic heterocycles. The Morgan fingerprint density at radius 3 is 2.65 bits per heavy atom. The summed E-state index contributed by atoms with van der Waals surface area (Å²) in [6.07, 6.45) is 0.671. The fourth-order valence-electron chi connectivity index (χ4n) is 4.23. The quantitative estimate of drug-likeness (QED) is 0.427. The molecule has 0 unspecified atom stereocenters. The molecule has 1 N–H and O–H groups in total. The van der Waals surface area contributed by atoms with Crippen molar-refractivity contribution in [1.82, 2.24) is 23.3 Å². The van der Waals surface area contributed by atoms with Crippen LogP contribution in [0.5, 0.6) is 0 Å². The molecule has 1 fully saturated rings. The largest absolute Gasteiger partial charge is 0.464 e. The topological polar surface area (TPSA) is 104 Å². The molecule has 0 atom stereocenters. The van der Waals surface area contributed by atoms with E-state index in [1.54, 1.807) is 36.7 Å². The summed E-state index contributed by atoms with van der Waals surface area (Å²) in [5.41, 5.74) is 0.286. The van der Waals surface area contributed by atoms with Crippen LogP contribution in [-0.4, -0.2) is 34.5 Å². The van der Waals surface area contributed by atoms with Crippen molar-refractivity contribution in [3.63, 3.8) is 0 Å². The summed E-state index contributed by atoms with van der Waals surface area (Å²) in [6.45, 7) is 1.77. The zero-order valence-electron chi connectivity index (χ0n) is 16.6. The van der Waals surface area contributed by atoms with E-state index in [2.05, 4.69) is 20.9 Å². The molecule has 1 aliphatic rings. The highest BCUT2D eigenvalue weighted by atomic mass is 79.9. The van der Waals surface area contributed by atoms with Gasteiger partial charge in [0.15, 0.2) is 15.9 Å². The van der Waals surface area contributed by atoms with Gasteiger partial charge in [-0.1, -0.05) is 24.6 Å². The van der Waals surface area contributed by atoms with Crippen molar-refractivity contribution in [2.24, 2.45) is 7.05 Å². The third-order valence-electron chi connectivity index (χ3n) is 5.73. The number of aryl methyl sites for hydroxylation is 1. The zero-order valence-corrected chi connectivity index (χ0v) is 18.9. The standard InChI is InChI=1S/C20H17BrClN5O4/c1-3-11-14(13-10(22)5-4-6-12(13)26(11)20(30)31)27-17(28)15-16(23-18(21)24(15)2)25(19(27)29)9-7-8-9/h4-6,9H,3,7-8H2,1-2H3,(H,30,31). The Morgan fingerprint density at radius 1 is 1.32 bits per heavy atom. The van der Waals surface area contributed by atoms with Crippen LogP contribution in [0.3, 0.4) is 0 Å². The first-order valence-electron chi connectivity index (χ1n) is 9.72. The van der Waals surface area contributed by atoms with Crippen LogP contribution in [0.1, 0.15) is 31.5 Å². The highest BCUT2D eigenvalue weighted by molar-refractivity contribution is 9.10. The molecule has 3 aromatic heterocycles. The first-order valence-corrected chi connectivity index (χ1v) is 10.9. The van der Waals surface area contributed by atoms with Crippen molar-refractivity contribution in [1.29, 1.82) is 0 Å². The van der Waals surface area contributed by atoms with Crippen LogP contribution in [0.2, 0.25) is 5.02 Å². The second kappa shape index (κ2) is 6.83. The number of aromatic nitrogens is 5. The Morgan fingerprint density at radius 2 is 2.03 bits per heavy atom. The Labute approximate surface area is 188 Å². The Bertz CT molecular complexity index is 1540. The predicted octanol–water partition coefficient (Wildman–Crippen LogP) is 3.68. The van der Waals surface area contributed by atoms with E-state index in [-0.39, 0.29) is 28.7 Å². The van der Waals surface area contributed by atoms with Crippen molar-refractivity contribution in [3.05, 3.63) is 54.5 Å². The van der Waals surface area contributed by atoms with Crippen LogP contribution >= 0.6 is 27.5 Å². The van der Waals surface area contributed by atoms with Gasteiger partial charge >= 0.3 is 11.8 Å². The van der Waals surface area contributed by atoms with Crippen LogP contribution in [0.4, 0.5) is 4.79 Å². The molecule has 1 saturated carbocycles. The third-order valence-corrected chi connectivity index (χ3v) is 6.75. The van der Waals surface area contributed by atoms with Gasteiger partial charge in [-0.3, -0.25) is 9.36 Å². The molecule has 0 radical (unpaired) electrons. The summed E-state index contributed by atoms with van der Waals surface area (Å²) in [5, 5.41) is 10.5. The minimum atomic E-state index is -1.21. The van der Waals surface area contributed by atoms with Gasteiger partial charge < -0.3 is 9.67 Å². The van der Waals surface area contributed by atoms with E-state index in [0.717, 1.165) is 22.0 Å². The van der Waals surface area contributed by atoms with Crippen molar-refractivity contribution >= 4 is 55.7 Å². The van der Waals surface area contributed by atoms with Crippen molar-refractivity contribution < 1.29 is 9.90 Å². The van der Waals surface area contributed by atoms with Crippen LogP contribution < -0.4 is 11.2 Å². The fraction of sp³-hybridized carbons (Fsp3) is 0.300. The number of fused-ring (bicyclic) bond motifs is 2. The van der Waals surface area contributed by atoms with Crippen molar-refractivity contribution in [2.75, 3.05) is 0 Å². The number of hydrogen-bond donors (Lipinski definition) is 1. The van der Waals surface area contributed by atoms with E-state index >= 15 is 0 Å². The van der Waals surface area contributed by atoms with Gasteiger partial charge in [0.25, 0.3) is 5.56 Å². The lowest BCUT2D eigenvalue weighted by Crippen LogP contribution is -2.39. The molecule has 1 aromatic carbocycles. The second-order valence-electron chi connectivity index (χ2n) is 7.54. The molecule has 5 rings (SSSR count). The number of carbonyl (C=O) groups is 1. The summed E-state index contributed by atoms with van der Waals surface area (Å²) < 4.78 is 5.68. The monoisotopic (exact) mass is 505 g/mol. The first-order chi connectivity index (χ1) is 14.8. The van der Waals surface area contributed by atoms with E-state index in [4.69, 9.17) is 11.6 Å². The van der Waals surface area contributed by atoms with Gasteiger partial charge in [0.2, 0.25) is 0 Å². The van der Waals surface area contributed by atoms with E-state index in [9.17, 15) is 19.5 Å². The van der Waals surface area contributed by atoms with E-state index in [1.165, 1.54) is 4.57 Å². The van der Waals surface area contributed by atoms with Crippen molar-refractivity contribution in [3.8, 4) is 5.69 Å². The summed E-state index contributed by atoms with van der Waals surface area (Å²) in [5.74, 6) is 0. The second-order valence-corrected chi connectivity index (χ2v) is 8.65. The molecule has 160 valence electrons. The lowest BCUT2D eigenvalue weighted by atomic mass is 10.2. The summed E-state index contributed by atoms with van der Waals surface area (Å²) in [7, 11) is 1.68. The van der Waals surface area contributed by atoms with Crippen LogP contribution in [-0.2, 0) is 13.5 Å². The Hall–Kier alpha value is -2.85. The molecule has 1 aliphatic carbocycles. The molecule has 0 spiro atoms. The maximum Gasteiger partial charge on any atom is 0.416 e. The SMILES string of the molecule is CCc1c(-n2c(=O)c3c(nc(Br)n3C)n(C3CC3)c2=O)c2c(Cl)cccc2n1C(=O)O. The molecule has 0 amide bonds. The van der Waals surface area contributed by atoms with Crippen LogP contribution in [0.25, 0.3) is 27.8 Å². The van der Waals surface area contributed by atoms with Crippen LogP contribution in [0, 0.1) is 0 Å². The number of benzene rings is 1. The number of carboxylic acid groups (broad SMARTS) is 1. The molecule has 4 aromatic rings. The Balaban J connectivity index is 2.06. The number of rotatable bonds is 3. The normalized spacial score (nSPS) is 14.1. The van der Waals surface area contributed by atoms with Gasteiger partial charge in [0.1, 0.15) is 0 Å². The van der Waals surface area contributed by atoms with Gasteiger partial charge in [0, 0.05) is 18.5 Å². The average Bonchev–Trinajstić information content (AvgIpc) is 3.42. The predicted molar refractivity (Wildman–Crippen MR) is 120 cm³/mol. The maximum absolute atomic E-state index is 13.7. The molecule has 0 bridgehead atoms. The molecule has 11 heteroatoms. The Kier molecular flexibility index (Phi) is 4.42. The van der Waals surface area contributed by atoms with Crippen molar-refractivity contribution in [2.45, 2.75) is 32.2 Å². The average molecular weight is 507 g/mol. The molecular formula is C20H17BrClN5O4. The highest BCUT2D eigenvalue weighted by Crippen LogP contribution is 2.37. The van der Waals surface area contributed by atoms with Gasteiger partial charge in [-0.15, -0.1) is 0 Å². The maximum atomic E-state index is 13.7. The molecular weight excluding hydrogens is 490 g/mol. The minimum absolute atomic E-state index is 0.0583. The lowest BCUT2D eigenvalue weighted by Gasteiger charge is -2.13. The molecule has 9 nitrogen and oxygen atoms in total. The first kappa shape index (κ1) is 20.1. The van der Waals surface area contributed by atoms with E-state index in [1.807, 2.05) is 0 Å². The highest BCUT2D eigenvalue weighted by Gasteiger charge is 2.33. The third kappa shape index (κ3) is 2.67. The van der Waals surface area contributed by atoms with E-state index in [0.29, 0.717) is 27.0 Å². The smallest absolute Gasteiger partial charge is 0.416 e. The lowest BCUT2D eigenvalue weighted by molar-refractivity contribution is 0.196. The summed E-state index contributed by atoms with van der Waals surface area (Å²) in [6, 6.07) is 4.81. The zero-order chi connectivity index (χ0) is 22.2. The molecule has 0 saturated heterocycles. The molecule has 3 heterocycles. The minimum Gasteiger partial charge on any atom is -0.464 e. The summed E-state index contributed by atoms with van der Waals surface area (Å²) in [4.78, 5) is 43.8. The number of halogens is 2. The molecule has 31 heavy (non-hydrogen) atoms. The number of nitrogens with zero attached hydrogens (tertiary/aromatic N) is 5. The van der Waals surface area contributed by atoms with Gasteiger partial charge in [0.05, 0.1) is 21.9 Å². The van der Waals surface area contributed by atoms with E-state index < -0.39 is 17.3 Å². The van der Waals surface area contributed by atoms with Gasteiger partial charge in [-0.25, -0.2) is 23.7 Å². The number of imidazole rings is 1. The van der Waals surface area contributed by atoms with Gasteiger partial charge in [-0.05, 0) is 47.3 Å². The van der Waals surface area contributed by atoms with Crippen LogP contribution in [0.15, 0.2) is 32.5 Å². The number of hydrogen-bond acceptors (Lipinski definition) is 4. The summed E-state index contributed by atoms with van der Waals surface area (Å²) >= 11 is 9.82. The van der Waals surface area contributed by atoms with Gasteiger partial charge in [-0.2, -0.15) is 0 Å². The fourth-order valence-corrected chi connectivity index (χ4v) is 4.83.